The molecule has 5 rings (SSSR count). The molecule has 0 bridgehead atoms. The van der Waals surface area contributed by atoms with Gasteiger partial charge in [0, 0.05) is 36.7 Å². The Labute approximate surface area is 194 Å². The normalized spacial score (nSPS) is 17.9. The van der Waals surface area contributed by atoms with Crippen LogP contribution in [-0.2, 0) is 4.79 Å². The van der Waals surface area contributed by atoms with Gasteiger partial charge in [0.2, 0.25) is 11.8 Å². The number of likely N-dealkylation sites (tertiary alicyclic amines) is 1. The van der Waals surface area contributed by atoms with Gasteiger partial charge in [0.1, 0.15) is 5.52 Å². The lowest BCUT2D eigenvalue weighted by atomic mass is 9.91. The largest absolute Gasteiger partial charge is 0.436 e. The minimum Gasteiger partial charge on any atom is -0.436 e. The number of nitrogens with zero attached hydrogens (tertiary/aromatic N) is 2. The number of rotatable bonds is 5. The van der Waals surface area contributed by atoms with Gasteiger partial charge in [0.05, 0.1) is 0 Å². The van der Waals surface area contributed by atoms with Crippen LogP contribution in [0.25, 0.3) is 22.6 Å². The summed E-state index contributed by atoms with van der Waals surface area (Å²) in [5.74, 6) is 1.11. The molecular weight excluding hydrogens is 414 g/mol. The van der Waals surface area contributed by atoms with Gasteiger partial charge in [0.15, 0.2) is 5.58 Å². The molecule has 2 aromatic carbocycles. The van der Waals surface area contributed by atoms with Crippen molar-refractivity contribution in [2.24, 2.45) is 5.92 Å². The number of benzene rings is 2. The molecule has 2 heterocycles. The maximum atomic E-state index is 13.1. The molecule has 1 aromatic heterocycles. The monoisotopic (exact) mass is 445 g/mol. The molecule has 1 saturated heterocycles. The molecule has 2 aliphatic rings. The van der Waals surface area contributed by atoms with Crippen LogP contribution in [0.15, 0.2) is 52.9 Å². The Morgan fingerprint density at radius 3 is 2.48 bits per heavy atom. The third kappa shape index (κ3) is 5.10. The van der Waals surface area contributed by atoms with Crippen molar-refractivity contribution < 1.29 is 14.0 Å². The maximum Gasteiger partial charge on any atom is 0.253 e. The van der Waals surface area contributed by atoms with Crippen molar-refractivity contribution in [3.8, 4) is 11.5 Å². The molecule has 1 aliphatic heterocycles. The van der Waals surface area contributed by atoms with Crippen LogP contribution >= 0.6 is 0 Å². The number of fused-ring (bicyclic) bond motifs is 1. The van der Waals surface area contributed by atoms with E-state index in [1.165, 1.54) is 19.3 Å². The minimum absolute atomic E-state index is 0.0197. The molecule has 172 valence electrons. The highest BCUT2D eigenvalue weighted by molar-refractivity contribution is 5.97. The maximum absolute atomic E-state index is 13.1. The van der Waals surface area contributed by atoms with Crippen LogP contribution in [-0.4, -0.2) is 40.8 Å². The molecule has 3 aromatic rings. The fourth-order valence-electron chi connectivity index (χ4n) is 5.08. The summed E-state index contributed by atoms with van der Waals surface area (Å²) in [4.78, 5) is 32.0. The van der Waals surface area contributed by atoms with Gasteiger partial charge >= 0.3 is 0 Å². The Morgan fingerprint density at radius 2 is 1.73 bits per heavy atom. The SMILES string of the molecule is O=C(CC1CCN(C(=O)c2ccc3oc(-c4ccccc4)nc3c2)CC1)NC1CCCCC1. The van der Waals surface area contributed by atoms with Crippen LogP contribution in [0, 0.1) is 5.92 Å². The third-order valence-corrected chi connectivity index (χ3v) is 7.00. The highest BCUT2D eigenvalue weighted by atomic mass is 16.3. The lowest BCUT2D eigenvalue weighted by molar-refractivity contribution is -0.123. The Morgan fingerprint density at radius 1 is 0.970 bits per heavy atom. The molecule has 33 heavy (non-hydrogen) atoms. The lowest BCUT2D eigenvalue weighted by Gasteiger charge is -2.32. The van der Waals surface area contributed by atoms with E-state index >= 15 is 0 Å². The van der Waals surface area contributed by atoms with E-state index in [-0.39, 0.29) is 11.8 Å². The van der Waals surface area contributed by atoms with Crippen molar-refractivity contribution in [2.75, 3.05) is 13.1 Å². The van der Waals surface area contributed by atoms with E-state index in [0.29, 0.717) is 54.0 Å². The molecule has 6 nitrogen and oxygen atoms in total. The molecule has 2 fully saturated rings. The van der Waals surface area contributed by atoms with Crippen molar-refractivity contribution in [1.29, 1.82) is 0 Å². The molecule has 0 unspecified atom stereocenters. The minimum atomic E-state index is 0.0197. The van der Waals surface area contributed by atoms with Gasteiger partial charge in [-0.3, -0.25) is 9.59 Å². The van der Waals surface area contributed by atoms with Crippen LogP contribution < -0.4 is 5.32 Å². The number of hydrogen-bond acceptors (Lipinski definition) is 4. The molecule has 1 N–H and O–H groups in total. The Hall–Kier alpha value is -3.15. The van der Waals surface area contributed by atoms with Crippen molar-refractivity contribution in [1.82, 2.24) is 15.2 Å². The second-order valence-corrected chi connectivity index (χ2v) is 9.41. The summed E-state index contributed by atoms with van der Waals surface area (Å²) in [6.45, 7) is 1.37. The number of carbonyl (C=O) groups excluding carboxylic acids is 2. The van der Waals surface area contributed by atoms with Gasteiger partial charge in [0.25, 0.3) is 5.91 Å². The average molecular weight is 446 g/mol. The number of piperidine rings is 1. The van der Waals surface area contributed by atoms with Gasteiger partial charge in [-0.15, -0.1) is 0 Å². The van der Waals surface area contributed by atoms with Crippen LogP contribution in [0.3, 0.4) is 0 Å². The number of amides is 2. The first kappa shape index (κ1) is 21.7. The van der Waals surface area contributed by atoms with Gasteiger partial charge in [-0.1, -0.05) is 37.5 Å². The van der Waals surface area contributed by atoms with E-state index in [1.807, 2.05) is 53.4 Å². The fourth-order valence-corrected chi connectivity index (χ4v) is 5.08. The Balaban J connectivity index is 1.17. The second-order valence-electron chi connectivity index (χ2n) is 9.41. The highest BCUT2D eigenvalue weighted by Gasteiger charge is 2.26. The molecule has 0 radical (unpaired) electrons. The fraction of sp³-hybridized carbons (Fsp3) is 0.444. The molecule has 1 aliphatic carbocycles. The van der Waals surface area contributed by atoms with Gasteiger partial charge in [-0.2, -0.15) is 0 Å². The van der Waals surface area contributed by atoms with E-state index < -0.39 is 0 Å². The Kier molecular flexibility index (Phi) is 6.42. The molecule has 0 spiro atoms. The number of aromatic nitrogens is 1. The number of nitrogens with one attached hydrogen (secondary N) is 1. The number of hydrogen-bond donors (Lipinski definition) is 1. The van der Waals surface area contributed by atoms with E-state index in [4.69, 9.17) is 4.42 Å². The predicted octanol–water partition coefficient (Wildman–Crippen LogP) is 5.19. The summed E-state index contributed by atoms with van der Waals surface area (Å²) in [6, 6.07) is 15.6. The molecule has 1 saturated carbocycles. The van der Waals surface area contributed by atoms with E-state index in [0.717, 1.165) is 31.2 Å². The van der Waals surface area contributed by atoms with Crippen molar-refractivity contribution in [3.05, 3.63) is 54.1 Å². The van der Waals surface area contributed by atoms with Crippen molar-refractivity contribution in [3.63, 3.8) is 0 Å². The zero-order valence-electron chi connectivity index (χ0n) is 19.0. The molecule has 6 heteroatoms. The molecular formula is C27H31N3O3. The quantitative estimate of drug-likeness (QED) is 0.587. The van der Waals surface area contributed by atoms with Gasteiger partial charge in [-0.25, -0.2) is 4.98 Å². The lowest BCUT2D eigenvalue weighted by Crippen LogP contribution is -2.41. The van der Waals surface area contributed by atoms with Crippen LogP contribution in [0.1, 0.15) is 61.7 Å². The van der Waals surface area contributed by atoms with Crippen molar-refractivity contribution in [2.45, 2.75) is 57.4 Å². The van der Waals surface area contributed by atoms with Crippen molar-refractivity contribution >= 4 is 22.9 Å². The smallest absolute Gasteiger partial charge is 0.253 e. The number of carbonyl (C=O) groups is 2. The summed E-state index contributed by atoms with van der Waals surface area (Å²) >= 11 is 0. The van der Waals surface area contributed by atoms with Crippen LogP contribution in [0.2, 0.25) is 0 Å². The molecule has 2 amide bonds. The zero-order valence-corrected chi connectivity index (χ0v) is 19.0. The summed E-state index contributed by atoms with van der Waals surface area (Å²) in [5, 5.41) is 3.22. The first-order chi connectivity index (χ1) is 16.2. The van der Waals surface area contributed by atoms with E-state index in [2.05, 4.69) is 10.3 Å². The Bertz CT molecular complexity index is 1110. The van der Waals surface area contributed by atoms with Crippen LogP contribution in [0.5, 0.6) is 0 Å². The summed E-state index contributed by atoms with van der Waals surface area (Å²) in [6.07, 6.45) is 8.27. The standard InChI is InChI=1S/C27H31N3O3/c31-25(28-22-9-5-2-6-10-22)17-19-13-15-30(16-14-19)27(32)21-11-12-24-23(18-21)29-26(33-24)20-7-3-1-4-8-20/h1,3-4,7-8,11-12,18-19,22H,2,5-6,9-10,13-17H2,(H,28,31). The number of oxazole rings is 1. The first-order valence-corrected chi connectivity index (χ1v) is 12.2. The second kappa shape index (κ2) is 9.77. The topological polar surface area (TPSA) is 75.4 Å². The first-order valence-electron chi connectivity index (χ1n) is 12.2. The van der Waals surface area contributed by atoms with E-state index in [9.17, 15) is 9.59 Å². The van der Waals surface area contributed by atoms with E-state index in [1.54, 1.807) is 0 Å². The summed E-state index contributed by atoms with van der Waals surface area (Å²) < 4.78 is 5.87. The average Bonchev–Trinajstić information content (AvgIpc) is 3.29. The third-order valence-electron chi connectivity index (χ3n) is 7.00. The predicted molar refractivity (Wildman–Crippen MR) is 128 cm³/mol. The summed E-state index contributed by atoms with van der Waals surface area (Å²) in [7, 11) is 0. The van der Waals surface area contributed by atoms with Gasteiger partial charge < -0.3 is 14.6 Å². The zero-order chi connectivity index (χ0) is 22.6. The van der Waals surface area contributed by atoms with Gasteiger partial charge in [-0.05, 0) is 61.9 Å². The highest BCUT2D eigenvalue weighted by Crippen LogP contribution is 2.27. The molecule has 0 atom stereocenters. The summed E-state index contributed by atoms with van der Waals surface area (Å²) in [5.41, 5.74) is 2.90. The van der Waals surface area contributed by atoms with Crippen LogP contribution in [0.4, 0.5) is 0 Å².